The summed E-state index contributed by atoms with van der Waals surface area (Å²) in [6.07, 6.45) is 8.67. The molecule has 1 saturated carbocycles. The van der Waals surface area contributed by atoms with Gasteiger partial charge < -0.3 is 25.0 Å². The summed E-state index contributed by atoms with van der Waals surface area (Å²) >= 11 is 2.93. The van der Waals surface area contributed by atoms with Gasteiger partial charge in [0.05, 0.1) is 29.6 Å². The van der Waals surface area contributed by atoms with Crippen molar-refractivity contribution >= 4 is 55.8 Å². The van der Waals surface area contributed by atoms with Crippen LogP contribution in [0.2, 0.25) is 0 Å². The van der Waals surface area contributed by atoms with E-state index in [1.807, 2.05) is 35.7 Å². The lowest BCUT2D eigenvalue weighted by Crippen LogP contribution is -2.55. The summed E-state index contributed by atoms with van der Waals surface area (Å²) in [5.41, 5.74) is 0.566. The summed E-state index contributed by atoms with van der Waals surface area (Å²) in [7, 11) is 1.34. The monoisotopic (exact) mass is 651 g/mol. The van der Waals surface area contributed by atoms with Gasteiger partial charge in [-0.25, -0.2) is 14.8 Å². The number of esters is 1. The molecule has 5 atom stereocenters. The molecular formula is C33H41N5O5S2. The van der Waals surface area contributed by atoms with Gasteiger partial charge in [0, 0.05) is 23.1 Å². The largest absolute Gasteiger partial charge is 0.467 e. The number of benzene rings is 1. The average molecular weight is 652 g/mol. The van der Waals surface area contributed by atoms with Crippen LogP contribution in [0.5, 0.6) is 5.19 Å². The second-order valence-corrected chi connectivity index (χ2v) is 15.1. The highest BCUT2D eigenvalue weighted by molar-refractivity contribution is 7.20. The van der Waals surface area contributed by atoms with Crippen LogP contribution in [-0.4, -0.2) is 70.0 Å². The molecule has 10 nitrogen and oxygen atoms in total. The van der Waals surface area contributed by atoms with Gasteiger partial charge in [-0.3, -0.25) is 9.59 Å². The van der Waals surface area contributed by atoms with E-state index in [1.54, 1.807) is 4.90 Å². The highest BCUT2D eigenvalue weighted by Gasteiger charge is 2.62. The topological polar surface area (TPSA) is 123 Å². The number of allylic oxidation sites excluding steroid dienone is 1. The van der Waals surface area contributed by atoms with Crippen LogP contribution in [0.15, 0.2) is 41.8 Å². The summed E-state index contributed by atoms with van der Waals surface area (Å²) in [5, 5.41) is 9.65. The molecule has 45 heavy (non-hydrogen) atoms. The quantitative estimate of drug-likeness (QED) is 0.276. The Balaban J connectivity index is 1.29. The van der Waals surface area contributed by atoms with E-state index in [9.17, 15) is 14.4 Å². The standard InChI is InChI=1S/C33H41N5O5S2/c1-32(2,3)26-19-44-30(36-26)34-23-14-9-7-5-6-8-12-20-17-33(20,29(41)42-4)37-27(39)24-16-21(18-38(24)28(23)40)43-31-35-22-13-10-11-15-25(22)45-31/h8,10-13,15,19-21,23-24H,5-7,9,14,16-18H2,1-4H3,(H,34,36)(H,37,39)/b12-8-/t20-,21-,23+,24+,33-/m1/s1. The molecule has 1 saturated heterocycles. The predicted molar refractivity (Wildman–Crippen MR) is 176 cm³/mol. The highest BCUT2D eigenvalue weighted by Crippen LogP contribution is 2.46. The molecule has 12 heteroatoms. The fourth-order valence-electron chi connectivity index (χ4n) is 6.19. The number of nitrogens with zero attached hydrogens (tertiary/aromatic N) is 3. The van der Waals surface area contributed by atoms with Crippen molar-refractivity contribution in [3.05, 3.63) is 47.5 Å². The molecule has 2 fully saturated rings. The highest BCUT2D eigenvalue weighted by atomic mass is 32.1. The number of carbonyl (C=O) groups is 3. The van der Waals surface area contributed by atoms with Gasteiger partial charge in [-0.1, -0.05) is 69.2 Å². The number of nitrogens with one attached hydrogen (secondary N) is 2. The smallest absolute Gasteiger partial charge is 0.332 e. The minimum atomic E-state index is -1.12. The molecule has 0 bridgehead atoms. The lowest BCUT2D eigenvalue weighted by Gasteiger charge is -2.29. The van der Waals surface area contributed by atoms with Gasteiger partial charge in [-0.2, -0.15) is 0 Å². The van der Waals surface area contributed by atoms with Crippen LogP contribution in [0.3, 0.4) is 0 Å². The third-order valence-electron chi connectivity index (χ3n) is 8.90. The Hall–Kier alpha value is -3.51. The van der Waals surface area contributed by atoms with Crippen LogP contribution in [0.1, 0.15) is 71.4 Å². The molecule has 2 aliphatic heterocycles. The molecule has 6 rings (SSSR count). The molecule has 240 valence electrons. The van der Waals surface area contributed by atoms with Crippen molar-refractivity contribution in [1.82, 2.24) is 20.2 Å². The van der Waals surface area contributed by atoms with Crippen LogP contribution < -0.4 is 15.4 Å². The van der Waals surface area contributed by atoms with Crippen molar-refractivity contribution in [3.8, 4) is 5.19 Å². The number of ether oxygens (including phenoxy) is 2. The van der Waals surface area contributed by atoms with E-state index in [1.165, 1.54) is 29.8 Å². The number of thiazole rings is 2. The first kappa shape index (κ1) is 31.5. The number of rotatable bonds is 5. The number of anilines is 1. The van der Waals surface area contributed by atoms with Crippen molar-refractivity contribution in [1.29, 1.82) is 0 Å². The van der Waals surface area contributed by atoms with Crippen molar-refractivity contribution < 1.29 is 23.9 Å². The molecule has 1 aromatic carbocycles. The normalized spacial score (nSPS) is 28.3. The fourth-order valence-corrected chi connectivity index (χ4v) is 8.07. The third-order valence-corrected chi connectivity index (χ3v) is 10.6. The maximum Gasteiger partial charge on any atom is 0.332 e. The lowest BCUT2D eigenvalue weighted by atomic mass is 9.93. The first-order valence-electron chi connectivity index (χ1n) is 15.7. The number of hydrogen-bond acceptors (Lipinski definition) is 10. The molecule has 3 aliphatic rings. The van der Waals surface area contributed by atoms with Crippen LogP contribution in [0.25, 0.3) is 10.2 Å². The second kappa shape index (κ2) is 12.7. The molecule has 2 amide bonds. The van der Waals surface area contributed by atoms with E-state index in [2.05, 4.69) is 42.5 Å². The van der Waals surface area contributed by atoms with Gasteiger partial charge in [0.1, 0.15) is 23.7 Å². The number of hydrogen-bond donors (Lipinski definition) is 2. The Morgan fingerprint density at radius 3 is 2.73 bits per heavy atom. The summed E-state index contributed by atoms with van der Waals surface area (Å²) in [5.74, 6) is -1.16. The zero-order chi connectivity index (χ0) is 31.8. The molecular weight excluding hydrogens is 611 g/mol. The van der Waals surface area contributed by atoms with E-state index in [0.717, 1.165) is 41.6 Å². The van der Waals surface area contributed by atoms with Gasteiger partial charge in [-0.05, 0) is 37.8 Å². The van der Waals surface area contributed by atoms with Gasteiger partial charge >= 0.3 is 5.97 Å². The molecule has 2 N–H and O–H groups in total. The summed E-state index contributed by atoms with van der Waals surface area (Å²) in [6.45, 7) is 6.56. The molecule has 4 heterocycles. The van der Waals surface area contributed by atoms with E-state index in [0.29, 0.717) is 23.2 Å². The predicted octanol–water partition coefficient (Wildman–Crippen LogP) is 5.45. The Morgan fingerprint density at radius 1 is 1.16 bits per heavy atom. The Labute approximate surface area is 271 Å². The Bertz CT molecular complexity index is 1560. The average Bonchev–Trinajstić information content (AvgIpc) is 3.40. The van der Waals surface area contributed by atoms with Crippen LogP contribution in [-0.2, 0) is 24.5 Å². The third kappa shape index (κ3) is 6.72. The SMILES string of the molecule is COC(=O)[C@@]12C[C@H]1/C=C\CCCCC[C@H](Nc1nc(C(C)(C)C)cs1)C(=O)N1C[C@H](Oc3nc4ccccc4s3)C[C@H]1C(=O)N2. The van der Waals surface area contributed by atoms with Crippen LogP contribution in [0.4, 0.5) is 5.13 Å². The molecule has 1 aliphatic carbocycles. The number of fused-ring (bicyclic) bond motifs is 3. The van der Waals surface area contributed by atoms with Crippen LogP contribution in [0, 0.1) is 5.92 Å². The zero-order valence-corrected chi connectivity index (χ0v) is 27.8. The summed E-state index contributed by atoms with van der Waals surface area (Å²) < 4.78 is 12.5. The van der Waals surface area contributed by atoms with Gasteiger partial charge in [0.25, 0.3) is 5.19 Å². The van der Waals surface area contributed by atoms with Gasteiger partial charge in [0.2, 0.25) is 11.8 Å². The molecule has 2 aromatic heterocycles. The summed E-state index contributed by atoms with van der Waals surface area (Å²) in [6, 6.07) is 6.42. The molecule has 3 aromatic rings. The number of methoxy groups -OCH3 is 1. The lowest BCUT2D eigenvalue weighted by molar-refractivity contribution is -0.148. The van der Waals surface area contributed by atoms with Gasteiger partial charge in [0.15, 0.2) is 5.13 Å². The molecule has 0 spiro atoms. The maximum absolute atomic E-state index is 14.4. The second-order valence-electron chi connectivity index (χ2n) is 13.2. The van der Waals surface area contributed by atoms with Crippen molar-refractivity contribution in [2.24, 2.45) is 5.92 Å². The maximum atomic E-state index is 14.4. The van der Waals surface area contributed by atoms with E-state index < -0.39 is 29.7 Å². The Kier molecular flexibility index (Phi) is 8.89. The minimum Gasteiger partial charge on any atom is -0.467 e. The van der Waals surface area contributed by atoms with E-state index >= 15 is 0 Å². The fraction of sp³-hybridized carbons (Fsp3) is 0.545. The summed E-state index contributed by atoms with van der Waals surface area (Å²) in [4.78, 5) is 52.4. The van der Waals surface area contributed by atoms with Crippen molar-refractivity contribution in [2.75, 3.05) is 19.0 Å². The Morgan fingerprint density at radius 2 is 1.98 bits per heavy atom. The van der Waals surface area contributed by atoms with E-state index in [-0.39, 0.29) is 36.1 Å². The van der Waals surface area contributed by atoms with Crippen molar-refractivity contribution in [2.45, 2.75) is 94.9 Å². The molecule has 0 radical (unpaired) electrons. The minimum absolute atomic E-state index is 0.116. The van der Waals surface area contributed by atoms with E-state index in [4.69, 9.17) is 14.5 Å². The first-order chi connectivity index (χ1) is 21.6. The number of aromatic nitrogens is 2. The van der Waals surface area contributed by atoms with Crippen LogP contribution >= 0.6 is 22.7 Å². The number of para-hydroxylation sites is 1. The number of carbonyl (C=O) groups excluding carboxylic acids is 3. The molecule has 0 unspecified atom stereocenters. The number of amides is 2. The zero-order valence-electron chi connectivity index (χ0n) is 26.2. The first-order valence-corrected chi connectivity index (χ1v) is 17.4. The van der Waals surface area contributed by atoms with Crippen molar-refractivity contribution in [3.63, 3.8) is 0 Å². The van der Waals surface area contributed by atoms with Gasteiger partial charge in [-0.15, -0.1) is 11.3 Å².